The Morgan fingerprint density at radius 2 is 1.74 bits per heavy atom. The molecule has 0 aliphatic heterocycles. The van der Waals surface area contributed by atoms with Gasteiger partial charge in [0.2, 0.25) is 0 Å². The maximum Gasteiger partial charge on any atom is 0.303 e. The Hall–Kier alpha value is -3.16. The maximum atomic E-state index is 12.6. The highest BCUT2D eigenvalue weighted by Gasteiger charge is 2.14. The Bertz CT molecular complexity index is 1160. The first kappa shape index (κ1) is 22.5. The Kier molecular flexibility index (Phi) is 7.44. The molecule has 1 aromatic heterocycles. The zero-order chi connectivity index (χ0) is 22.3. The normalized spacial score (nSPS) is 11.8. The summed E-state index contributed by atoms with van der Waals surface area (Å²) >= 11 is 5.83. The summed E-state index contributed by atoms with van der Waals surface area (Å²) in [5.74, 6) is -0.825. The molecule has 1 heterocycles. The summed E-state index contributed by atoms with van der Waals surface area (Å²) in [5.41, 5.74) is 3.10. The van der Waals surface area contributed by atoms with Crippen LogP contribution in [0.2, 0.25) is 5.02 Å². The zero-order valence-electron chi connectivity index (χ0n) is 16.5. The lowest BCUT2D eigenvalue weighted by Gasteiger charge is -2.11. The number of sulfonamides is 1. The van der Waals surface area contributed by atoms with Crippen molar-refractivity contribution in [2.75, 3.05) is 4.72 Å². The van der Waals surface area contributed by atoms with E-state index in [1.54, 1.807) is 24.5 Å². The van der Waals surface area contributed by atoms with E-state index in [1.807, 2.05) is 30.3 Å². The molecule has 0 atom stereocenters. The maximum absolute atomic E-state index is 12.6. The van der Waals surface area contributed by atoms with E-state index >= 15 is 0 Å². The van der Waals surface area contributed by atoms with Gasteiger partial charge in [-0.25, -0.2) is 8.42 Å². The minimum Gasteiger partial charge on any atom is -0.481 e. The number of carboxylic acids is 1. The molecule has 0 aliphatic carbocycles. The van der Waals surface area contributed by atoms with Gasteiger partial charge in [-0.05, 0) is 66.4 Å². The summed E-state index contributed by atoms with van der Waals surface area (Å²) in [6, 6.07) is 16.7. The minimum absolute atomic E-state index is 0.0994. The number of anilines is 1. The molecule has 0 aliphatic rings. The Morgan fingerprint density at radius 1 is 1.03 bits per heavy atom. The molecule has 2 N–H and O–H groups in total. The van der Waals surface area contributed by atoms with Crippen LogP contribution in [0.25, 0.3) is 5.57 Å². The molecule has 0 unspecified atom stereocenters. The number of unbranched alkanes of at least 4 members (excludes halogenated alkanes) is 1. The standard InChI is InChI=1S/C23H21ClN2O4S/c24-19-9-13-21(14-10-19)31(29,30)26-20-11-7-17(8-12-20)22(5-1-2-6-23(27)28)18-4-3-15-25-16-18/h3-5,7-16,26H,1-2,6H2,(H,27,28)/b22-5-. The van der Waals surface area contributed by atoms with E-state index in [9.17, 15) is 13.2 Å². The van der Waals surface area contributed by atoms with Crippen molar-refractivity contribution in [3.63, 3.8) is 0 Å². The van der Waals surface area contributed by atoms with Gasteiger partial charge < -0.3 is 5.11 Å². The van der Waals surface area contributed by atoms with Gasteiger partial charge in [-0.1, -0.05) is 35.9 Å². The van der Waals surface area contributed by atoms with Gasteiger partial charge in [0.1, 0.15) is 0 Å². The summed E-state index contributed by atoms with van der Waals surface area (Å²) in [5, 5.41) is 9.30. The lowest BCUT2D eigenvalue weighted by molar-refractivity contribution is -0.137. The van der Waals surface area contributed by atoms with Crippen molar-refractivity contribution < 1.29 is 18.3 Å². The van der Waals surface area contributed by atoms with Gasteiger partial charge in [-0.2, -0.15) is 0 Å². The molecular formula is C23H21ClN2O4S. The number of aromatic nitrogens is 1. The van der Waals surface area contributed by atoms with E-state index in [4.69, 9.17) is 16.7 Å². The molecular weight excluding hydrogens is 436 g/mol. The number of rotatable bonds is 9. The topological polar surface area (TPSA) is 96.4 Å². The fraction of sp³-hybridized carbons (Fsp3) is 0.130. The molecule has 0 spiro atoms. The third-order valence-electron chi connectivity index (χ3n) is 4.49. The molecule has 3 aromatic rings. The molecule has 31 heavy (non-hydrogen) atoms. The number of allylic oxidation sites excluding steroid dienone is 1. The first-order valence-corrected chi connectivity index (χ1v) is 11.4. The van der Waals surface area contributed by atoms with Gasteiger partial charge in [0, 0.05) is 35.1 Å². The fourth-order valence-corrected chi connectivity index (χ4v) is 4.15. The van der Waals surface area contributed by atoms with Gasteiger partial charge in [0.15, 0.2) is 0 Å². The molecule has 0 fully saturated rings. The van der Waals surface area contributed by atoms with Crippen molar-refractivity contribution >= 4 is 38.9 Å². The molecule has 160 valence electrons. The quantitative estimate of drug-likeness (QED) is 0.430. The second-order valence-electron chi connectivity index (χ2n) is 6.78. The van der Waals surface area contributed by atoms with E-state index in [0.717, 1.165) is 16.7 Å². The van der Waals surface area contributed by atoms with Gasteiger partial charge in [0.25, 0.3) is 10.0 Å². The summed E-state index contributed by atoms with van der Waals surface area (Å²) in [6.07, 6.45) is 6.62. The highest BCUT2D eigenvalue weighted by Crippen LogP contribution is 2.26. The number of pyridine rings is 1. The van der Waals surface area contributed by atoms with Gasteiger partial charge >= 0.3 is 5.97 Å². The van der Waals surface area contributed by atoms with Crippen LogP contribution >= 0.6 is 11.6 Å². The highest BCUT2D eigenvalue weighted by molar-refractivity contribution is 7.92. The van der Waals surface area contributed by atoms with E-state index < -0.39 is 16.0 Å². The lowest BCUT2D eigenvalue weighted by Crippen LogP contribution is -2.12. The van der Waals surface area contributed by atoms with E-state index in [0.29, 0.717) is 23.6 Å². The first-order chi connectivity index (χ1) is 14.8. The number of aliphatic carboxylic acids is 1. The second kappa shape index (κ2) is 10.2. The molecule has 0 saturated carbocycles. The van der Waals surface area contributed by atoms with E-state index in [2.05, 4.69) is 9.71 Å². The van der Waals surface area contributed by atoms with Crippen molar-refractivity contribution in [2.24, 2.45) is 0 Å². The number of halogens is 1. The van der Waals surface area contributed by atoms with Crippen LogP contribution in [0.5, 0.6) is 0 Å². The van der Waals surface area contributed by atoms with Crippen LogP contribution in [0.3, 0.4) is 0 Å². The molecule has 6 nitrogen and oxygen atoms in total. The molecule has 0 amide bonds. The Balaban J connectivity index is 1.81. The van der Waals surface area contributed by atoms with Crippen LogP contribution in [0.1, 0.15) is 30.4 Å². The van der Waals surface area contributed by atoms with Crippen molar-refractivity contribution in [3.8, 4) is 0 Å². The van der Waals surface area contributed by atoms with Crippen LogP contribution in [-0.4, -0.2) is 24.5 Å². The van der Waals surface area contributed by atoms with Crippen LogP contribution in [0.4, 0.5) is 5.69 Å². The molecule has 3 rings (SSSR count). The SMILES string of the molecule is O=C(O)CCC/C=C(/c1ccc(NS(=O)(=O)c2ccc(Cl)cc2)cc1)c1cccnc1. The Labute approximate surface area is 186 Å². The molecule has 0 saturated heterocycles. The number of hydrogen-bond acceptors (Lipinski definition) is 4. The fourth-order valence-electron chi connectivity index (χ4n) is 2.97. The number of nitrogens with one attached hydrogen (secondary N) is 1. The second-order valence-corrected chi connectivity index (χ2v) is 8.90. The van der Waals surface area contributed by atoms with Gasteiger partial charge in [-0.3, -0.25) is 14.5 Å². The minimum atomic E-state index is -3.73. The molecule has 0 radical (unpaired) electrons. The Morgan fingerprint density at radius 3 is 2.35 bits per heavy atom. The third kappa shape index (κ3) is 6.41. The van der Waals surface area contributed by atoms with E-state index in [-0.39, 0.29) is 11.3 Å². The largest absolute Gasteiger partial charge is 0.481 e. The van der Waals surface area contributed by atoms with Crippen LogP contribution in [0.15, 0.2) is 84.0 Å². The van der Waals surface area contributed by atoms with Crippen molar-refractivity contribution in [1.82, 2.24) is 4.98 Å². The number of hydrogen-bond donors (Lipinski definition) is 2. The monoisotopic (exact) mass is 456 g/mol. The highest BCUT2D eigenvalue weighted by atomic mass is 35.5. The van der Waals surface area contributed by atoms with Crippen LogP contribution < -0.4 is 4.72 Å². The third-order valence-corrected chi connectivity index (χ3v) is 6.14. The number of carboxylic acid groups (broad SMARTS) is 1. The zero-order valence-corrected chi connectivity index (χ0v) is 18.1. The summed E-state index contributed by atoms with van der Waals surface area (Å²) in [7, 11) is -3.73. The lowest BCUT2D eigenvalue weighted by atomic mass is 9.97. The number of benzene rings is 2. The predicted molar refractivity (Wildman–Crippen MR) is 122 cm³/mol. The van der Waals surface area contributed by atoms with Crippen LogP contribution in [-0.2, 0) is 14.8 Å². The van der Waals surface area contributed by atoms with Gasteiger partial charge in [-0.15, -0.1) is 0 Å². The summed E-state index contributed by atoms with van der Waals surface area (Å²) < 4.78 is 27.7. The summed E-state index contributed by atoms with van der Waals surface area (Å²) in [4.78, 5) is 15.0. The number of carbonyl (C=O) groups is 1. The molecule has 2 aromatic carbocycles. The van der Waals surface area contributed by atoms with E-state index in [1.165, 1.54) is 24.3 Å². The first-order valence-electron chi connectivity index (χ1n) is 9.56. The average molecular weight is 457 g/mol. The van der Waals surface area contributed by atoms with Crippen molar-refractivity contribution in [1.29, 1.82) is 0 Å². The smallest absolute Gasteiger partial charge is 0.303 e. The molecule has 8 heteroatoms. The van der Waals surface area contributed by atoms with Crippen molar-refractivity contribution in [3.05, 3.63) is 95.3 Å². The molecule has 0 bridgehead atoms. The predicted octanol–water partition coefficient (Wildman–Crippen LogP) is 5.22. The van der Waals surface area contributed by atoms with Gasteiger partial charge in [0.05, 0.1) is 4.90 Å². The summed E-state index contributed by atoms with van der Waals surface area (Å²) in [6.45, 7) is 0. The average Bonchev–Trinajstić information content (AvgIpc) is 2.75. The van der Waals surface area contributed by atoms with Crippen molar-refractivity contribution in [2.45, 2.75) is 24.2 Å². The number of nitrogens with zero attached hydrogens (tertiary/aromatic N) is 1. The van der Waals surface area contributed by atoms with Crippen LogP contribution in [0, 0.1) is 0 Å².